The van der Waals surface area contributed by atoms with Gasteiger partial charge in [-0.3, -0.25) is 0 Å². The van der Waals surface area contributed by atoms with Crippen LogP contribution in [0.2, 0.25) is 0 Å². The first-order valence-electron chi connectivity index (χ1n) is 7.20. The SMILES string of the molecule is Cc1cc(C/C(=N\O)c2nonc2OC2CCOC2)ccc1F. The quantitative estimate of drug-likeness (QED) is 0.515. The Balaban J connectivity index is 1.78. The van der Waals surface area contributed by atoms with E-state index in [0.29, 0.717) is 18.8 Å². The third-order valence-electron chi connectivity index (χ3n) is 3.61. The fraction of sp³-hybridized carbons (Fsp3) is 0.400. The Morgan fingerprint density at radius 2 is 2.35 bits per heavy atom. The minimum Gasteiger partial charge on any atom is -0.468 e. The lowest BCUT2D eigenvalue weighted by atomic mass is 10.0. The molecule has 1 aliphatic rings. The molecule has 23 heavy (non-hydrogen) atoms. The summed E-state index contributed by atoms with van der Waals surface area (Å²) in [7, 11) is 0. The maximum atomic E-state index is 13.3. The lowest BCUT2D eigenvalue weighted by Crippen LogP contribution is -2.18. The number of oxime groups is 1. The highest BCUT2D eigenvalue weighted by Gasteiger charge is 2.24. The summed E-state index contributed by atoms with van der Waals surface area (Å²) in [6.07, 6.45) is 0.854. The second kappa shape index (κ2) is 6.74. The summed E-state index contributed by atoms with van der Waals surface area (Å²) < 4.78 is 28.9. The third kappa shape index (κ3) is 3.48. The van der Waals surface area contributed by atoms with Crippen LogP contribution in [-0.2, 0) is 11.2 Å². The van der Waals surface area contributed by atoms with Crippen LogP contribution in [0.15, 0.2) is 28.0 Å². The number of hydrogen-bond acceptors (Lipinski definition) is 7. The highest BCUT2D eigenvalue weighted by Crippen LogP contribution is 2.21. The molecular formula is C15H16FN3O4. The van der Waals surface area contributed by atoms with Crippen molar-refractivity contribution in [3.05, 3.63) is 40.8 Å². The lowest BCUT2D eigenvalue weighted by Gasteiger charge is -2.09. The first-order valence-corrected chi connectivity index (χ1v) is 7.20. The van der Waals surface area contributed by atoms with Gasteiger partial charge >= 0.3 is 0 Å². The Morgan fingerprint density at radius 1 is 1.48 bits per heavy atom. The van der Waals surface area contributed by atoms with Crippen LogP contribution in [0, 0.1) is 12.7 Å². The molecule has 2 aromatic rings. The molecule has 1 N–H and O–H groups in total. The topological polar surface area (TPSA) is 90.0 Å². The van der Waals surface area contributed by atoms with Crippen LogP contribution in [-0.4, -0.2) is 40.5 Å². The molecule has 1 fully saturated rings. The second-order valence-electron chi connectivity index (χ2n) is 5.33. The predicted molar refractivity (Wildman–Crippen MR) is 77.3 cm³/mol. The second-order valence-corrected chi connectivity index (χ2v) is 5.33. The van der Waals surface area contributed by atoms with Crippen molar-refractivity contribution in [3.8, 4) is 5.88 Å². The highest BCUT2D eigenvalue weighted by atomic mass is 19.1. The van der Waals surface area contributed by atoms with Crippen molar-refractivity contribution in [2.45, 2.75) is 25.9 Å². The molecule has 7 nitrogen and oxygen atoms in total. The molecular weight excluding hydrogens is 305 g/mol. The molecule has 122 valence electrons. The molecule has 0 radical (unpaired) electrons. The zero-order chi connectivity index (χ0) is 16.2. The first kappa shape index (κ1) is 15.4. The van der Waals surface area contributed by atoms with Gasteiger partial charge in [0.25, 0.3) is 5.88 Å². The Bertz CT molecular complexity index is 710. The summed E-state index contributed by atoms with van der Waals surface area (Å²) in [5.74, 6) is -0.128. The number of nitrogens with zero attached hydrogens (tertiary/aromatic N) is 3. The van der Waals surface area contributed by atoms with Gasteiger partial charge in [-0.1, -0.05) is 17.3 Å². The number of rotatable bonds is 5. The van der Waals surface area contributed by atoms with Gasteiger partial charge in [0.05, 0.1) is 13.2 Å². The van der Waals surface area contributed by atoms with Crippen molar-refractivity contribution in [2.24, 2.45) is 5.16 Å². The van der Waals surface area contributed by atoms with Gasteiger partial charge in [-0.2, -0.15) is 0 Å². The number of aromatic nitrogens is 2. The fourth-order valence-electron chi connectivity index (χ4n) is 2.37. The van der Waals surface area contributed by atoms with Gasteiger partial charge in [0.15, 0.2) is 5.69 Å². The van der Waals surface area contributed by atoms with E-state index in [2.05, 4.69) is 15.5 Å². The summed E-state index contributed by atoms with van der Waals surface area (Å²) in [5.41, 5.74) is 1.74. The van der Waals surface area contributed by atoms with Gasteiger partial charge in [-0.15, -0.1) is 0 Å². The van der Waals surface area contributed by atoms with Crippen LogP contribution in [0.1, 0.15) is 23.2 Å². The van der Waals surface area contributed by atoms with Crippen LogP contribution in [0.4, 0.5) is 4.39 Å². The lowest BCUT2D eigenvalue weighted by molar-refractivity contribution is 0.133. The van der Waals surface area contributed by atoms with E-state index in [0.717, 1.165) is 12.0 Å². The smallest absolute Gasteiger partial charge is 0.285 e. The number of halogens is 1. The molecule has 2 heterocycles. The Kier molecular flexibility index (Phi) is 4.52. The zero-order valence-electron chi connectivity index (χ0n) is 12.5. The number of benzene rings is 1. The average Bonchev–Trinajstić information content (AvgIpc) is 3.21. The van der Waals surface area contributed by atoms with E-state index in [1.807, 2.05) is 0 Å². The summed E-state index contributed by atoms with van der Waals surface area (Å²) in [6, 6.07) is 4.67. The van der Waals surface area contributed by atoms with Crippen LogP contribution >= 0.6 is 0 Å². The minimum atomic E-state index is -0.287. The molecule has 1 unspecified atom stereocenters. The Labute approximate surface area is 131 Å². The molecule has 0 aliphatic carbocycles. The highest BCUT2D eigenvalue weighted by molar-refractivity contribution is 6.01. The molecule has 3 rings (SSSR count). The molecule has 1 aliphatic heterocycles. The van der Waals surface area contributed by atoms with Gasteiger partial charge in [-0.25, -0.2) is 9.02 Å². The normalized spacial score (nSPS) is 18.3. The molecule has 1 aromatic carbocycles. The Hall–Kier alpha value is -2.48. The first-order chi connectivity index (χ1) is 11.2. The molecule has 0 saturated carbocycles. The van der Waals surface area contributed by atoms with E-state index < -0.39 is 0 Å². The summed E-state index contributed by atoms with van der Waals surface area (Å²) in [6.45, 7) is 2.76. The average molecular weight is 321 g/mol. The number of hydrogen-bond donors (Lipinski definition) is 1. The van der Waals surface area contributed by atoms with Crippen LogP contribution < -0.4 is 4.74 Å². The van der Waals surface area contributed by atoms with Crippen LogP contribution in [0.3, 0.4) is 0 Å². The van der Waals surface area contributed by atoms with E-state index in [1.165, 1.54) is 6.07 Å². The molecule has 0 amide bonds. The summed E-state index contributed by atoms with van der Waals surface area (Å²) in [4.78, 5) is 0. The zero-order valence-corrected chi connectivity index (χ0v) is 12.5. The molecule has 1 saturated heterocycles. The Morgan fingerprint density at radius 3 is 3.04 bits per heavy atom. The summed E-state index contributed by atoms with van der Waals surface area (Å²) >= 11 is 0. The van der Waals surface area contributed by atoms with Crippen molar-refractivity contribution >= 4 is 5.71 Å². The maximum Gasteiger partial charge on any atom is 0.285 e. The van der Waals surface area contributed by atoms with Crippen LogP contribution in [0.5, 0.6) is 5.88 Å². The predicted octanol–water partition coefficient (Wildman–Crippen LogP) is 2.11. The van der Waals surface area contributed by atoms with Crippen molar-refractivity contribution < 1.29 is 23.7 Å². The van der Waals surface area contributed by atoms with Gasteiger partial charge in [-0.05, 0) is 34.4 Å². The molecule has 1 aromatic heterocycles. The monoisotopic (exact) mass is 321 g/mol. The van der Waals surface area contributed by atoms with Crippen molar-refractivity contribution in [1.82, 2.24) is 10.3 Å². The van der Waals surface area contributed by atoms with E-state index in [9.17, 15) is 9.60 Å². The van der Waals surface area contributed by atoms with E-state index >= 15 is 0 Å². The van der Waals surface area contributed by atoms with E-state index in [-0.39, 0.29) is 35.6 Å². The fourth-order valence-corrected chi connectivity index (χ4v) is 2.37. The molecule has 8 heteroatoms. The maximum absolute atomic E-state index is 13.3. The number of aryl methyl sites for hydroxylation is 1. The molecule has 0 spiro atoms. The van der Waals surface area contributed by atoms with Crippen LogP contribution in [0.25, 0.3) is 0 Å². The van der Waals surface area contributed by atoms with Gasteiger partial charge in [0.1, 0.15) is 17.6 Å². The van der Waals surface area contributed by atoms with Crippen molar-refractivity contribution in [2.75, 3.05) is 13.2 Å². The van der Waals surface area contributed by atoms with Gasteiger partial charge in [0.2, 0.25) is 0 Å². The minimum absolute atomic E-state index is 0.131. The standard InChI is InChI=1S/C15H16FN3O4/c1-9-6-10(2-3-12(9)16)7-13(17-20)14-15(19-23-18-14)22-11-4-5-21-8-11/h2-3,6,11,20H,4-5,7-8H2,1H3/b17-13+. The third-order valence-corrected chi connectivity index (χ3v) is 3.61. The molecule has 0 bridgehead atoms. The largest absolute Gasteiger partial charge is 0.468 e. The van der Waals surface area contributed by atoms with E-state index in [4.69, 9.17) is 14.1 Å². The van der Waals surface area contributed by atoms with Crippen molar-refractivity contribution in [3.63, 3.8) is 0 Å². The van der Waals surface area contributed by atoms with Gasteiger partial charge in [0, 0.05) is 12.8 Å². The molecule has 1 atom stereocenters. The van der Waals surface area contributed by atoms with E-state index in [1.54, 1.807) is 19.1 Å². The number of ether oxygens (including phenoxy) is 2. The van der Waals surface area contributed by atoms with Crippen molar-refractivity contribution in [1.29, 1.82) is 0 Å². The van der Waals surface area contributed by atoms with Gasteiger partial charge < -0.3 is 14.7 Å². The summed E-state index contributed by atoms with van der Waals surface area (Å²) in [5, 5.41) is 20.0.